The molecule has 2 aliphatic heterocycles. The van der Waals surface area contributed by atoms with Crippen molar-refractivity contribution in [2.45, 2.75) is 63.9 Å². The molecular formula is C35H34ClF2N3O5. The van der Waals surface area contributed by atoms with Crippen molar-refractivity contribution in [1.29, 1.82) is 0 Å². The molecule has 3 atom stereocenters. The van der Waals surface area contributed by atoms with E-state index < -0.39 is 11.6 Å². The summed E-state index contributed by atoms with van der Waals surface area (Å²) in [5.41, 5.74) is 3.87. The summed E-state index contributed by atoms with van der Waals surface area (Å²) in [7, 11) is 1.38. The van der Waals surface area contributed by atoms with Gasteiger partial charge in [0.2, 0.25) is 0 Å². The standard InChI is InChI=1S/C35H34ClF2N3O5/c1-20-14-21(25-4-3-5-28(38)34(25)45-19-23-6-8-27(37)26-16-31(36)46-33(23)26)10-12-40(20)18-32-39-29-9-7-22(35(42)43-2)15-30(29)41(32)17-24-11-13-44-24/h3-9,15-16,20-21,24H,10-14,17-19H2,1-2H3/t20-,21?,24-/m0/s1. The van der Waals surface area contributed by atoms with Gasteiger partial charge in [-0.2, -0.15) is 0 Å². The van der Waals surface area contributed by atoms with Crippen LogP contribution in [-0.2, 0) is 29.2 Å². The van der Waals surface area contributed by atoms with Gasteiger partial charge in [0.15, 0.2) is 16.8 Å². The van der Waals surface area contributed by atoms with Crippen molar-refractivity contribution in [2.75, 3.05) is 20.3 Å². The molecule has 240 valence electrons. The van der Waals surface area contributed by atoms with E-state index in [1.165, 1.54) is 25.3 Å². The summed E-state index contributed by atoms with van der Waals surface area (Å²) in [5.74, 6) is -0.0821. The lowest BCUT2D eigenvalue weighted by atomic mass is 9.85. The minimum atomic E-state index is -0.445. The van der Waals surface area contributed by atoms with E-state index >= 15 is 4.39 Å². The summed E-state index contributed by atoms with van der Waals surface area (Å²) in [5, 5.41) is 0.338. The highest BCUT2D eigenvalue weighted by Crippen LogP contribution is 2.39. The molecule has 0 radical (unpaired) electrons. The maximum Gasteiger partial charge on any atom is 0.337 e. The first-order valence-electron chi connectivity index (χ1n) is 15.5. The zero-order chi connectivity index (χ0) is 31.9. The van der Waals surface area contributed by atoms with Gasteiger partial charge in [0.05, 0.1) is 48.3 Å². The van der Waals surface area contributed by atoms with Crippen molar-refractivity contribution in [3.63, 3.8) is 0 Å². The predicted molar refractivity (Wildman–Crippen MR) is 169 cm³/mol. The quantitative estimate of drug-likeness (QED) is 0.152. The van der Waals surface area contributed by atoms with E-state index in [1.807, 2.05) is 18.2 Å². The Balaban J connectivity index is 1.09. The van der Waals surface area contributed by atoms with Crippen LogP contribution >= 0.6 is 11.6 Å². The lowest BCUT2D eigenvalue weighted by Gasteiger charge is -2.38. The molecule has 2 fully saturated rings. The van der Waals surface area contributed by atoms with E-state index in [2.05, 4.69) is 16.4 Å². The molecule has 2 aromatic heterocycles. The Morgan fingerprint density at radius 1 is 1.11 bits per heavy atom. The fourth-order valence-corrected chi connectivity index (χ4v) is 6.86. The number of carbonyl (C=O) groups is 1. The molecule has 3 aromatic carbocycles. The molecule has 2 aliphatic rings. The minimum Gasteiger partial charge on any atom is -0.485 e. The first-order valence-corrected chi connectivity index (χ1v) is 15.9. The number of rotatable bonds is 9. The third-order valence-electron chi connectivity index (χ3n) is 9.28. The van der Waals surface area contributed by atoms with Gasteiger partial charge in [-0.1, -0.05) is 12.1 Å². The molecular weight excluding hydrogens is 616 g/mol. The van der Waals surface area contributed by atoms with Gasteiger partial charge in [-0.3, -0.25) is 4.90 Å². The first kappa shape index (κ1) is 30.7. The molecule has 11 heteroatoms. The molecule has 7 rings (SSSR count). The third-order valence-corrected chi connectivity index (χ3v) is 9.46. The third kappa shape index (κ3) is 5.85. The van der Waals surface area contributed by atoms with Crippen LogP contribution in [0.3, 0.4) is 0 Å². The number of likely N-dealkylation sites (tertiary alicyclic amines) is 1. The molecule has 1 unspecified atom stereocenters. The molecule has 4 heterocycles. The number of hydrogen-bond donors (Lipinski definition) is 0. The maximum atomic E-state index is 15.2. The highest BCUT2D eigenvalue weighted by molar-refractivity contribution is 6.29. The van der Waals surface area contributed by atoms with Crippen molar-refractivity contribution in [3.8, 4) is 5.75 Å². The Kier molecular flexibility index (Phi) is 8.44. The van der Waals surface area contributed by atoms with Gasteiger partial charge in [0.1, 0.15) is 23.8 Å². The summed E-state index contributed by atoms with van der Waals surface area (Å²) >= 11 is 5.99. The number of halogens is 3. The van der Waals surface area contributed by atoms with Crippen LogP contribution in [0.5, 0.6) is 5.75 Å². The van der Waals surface area contributed by atoms with E-state index in [4.69, 9.17) is 35.2 Å². The number of methoxy groups -OCH3 is 1. The van der Waals surface area contributed by atoms with Crippen LogP contribution in [0.4, 0.5) is 8.78 Å². The minimum absolute atomic E-state index is 0.00156. The van der Waals surface area contributed by atoms with Crippen LogP contribution in [0.2, 0.25) is 5.22 Å². The molecule has 0 bridgehead atoms. The molecule has 0 amide bonds. The van der Waals surface area contributed by atoms with Crippen molar-refractivity contribution < 1.29 is 32.2 Å². The number of para-hydroxylation sites is 1. The average Bonchev–Trinajstić information content (AvgIpc) is 3.59. The number of benzene rings is 3. The van der Waals surface area contributed by atoms with Gasteiger partial charge in [0.25, 0.3) is 0 Å². The molecule has 46 heavy (non-hydrogen) atoms. The Labute approximate surface area is 269 Å². The summed E-state index contributed by atoms with van der Waals surface area (Å²) in [6.45, 7) is 5.00. The normalized spacial score (nSPS) is 20.2. The Bertz CT molecular complexity index is 1920. The Hall–Kier alpha value is -3.99. The number of fused-ring (bicyclic) bond motifs is 2. The van der Waals surface area contributed by atoms with Gasteiger partial charge in [-0.25, -0.2) is 18.6 Å². The number of esters is 1. The summed E-state index contributed by atoms with van der Waals surface area (Å²) in [4.78, 5) is 19.6. The van der Waals surface area contributed by atoms with Crippen LogP contribution in [-0.4, -0.2) is 52.8 Å². The molecule has 0 aliphatic carbocycles. The summed E-state index contributed by atoms with van der Waals surface area (Å²) in [6.07, 6.45) is 2.70. The molecule has 2 saturated heterocycles. The zero-order valence-electron chi connectivity index (χ0n) is 25.6. The molecule has 5 aromatic rings. The van der Waals surface area contributed by atoms with Crippen LogP contribution in [0.1, 0.15) is 59.4 Å². The number of carbonyl (C=O) groups excluding carboxylic acids is 1. The number of imidazole rings is 1. The topological polar surface area (TPSA) is 79.0 Å². The van der Waals surface area contributed by atoms with Gasteiger partial charge in [-0.05, 0) is 86.6 Å². The summed E-state index contributed by atoms with van der Waals surface area (Å²) in [6, 6.07) is 15.0. The SMILES string of the molecule is COC(=O)c1ccc2nc(CN3CCC(c4cccc(F)c4OCc4ccc(F)c5cc(Cl)oc45)C[C@@H]3C)n(C[C@@H]3CCO3)c2c1. The Morgan fingerprint density at radius 2 is 1.96 bits per heavy atom. The molecule has 0 saturated carbocycles. The average molecular weight is 650 g/mol. The second-order valence-electron chi connectivity index (χ2n) is 12.1. The number of nitrogens with zero attached hydrogens (tertiary/aromatic N) is 3. The number of furan rings is 1. The van der Waals surface area contributed by atoms with Crippen LogP contribution in [0.25, 0.3) is 22.0 Å². The number of piperidine rings is 1. The van der Waals surface area contributed by atoms with E-state index in [-0.39, 0.29) is 47.0 Å². The van der Waals surface area contributed by atoms with Gasteiger partial charge >= 0.3 is 5.97 Å². The Morgan fingerprint density at radius 3 is 2.72 bits per heavy atom. The number of aromatic nitrogens is 2. The predicted octanol–water partition coefficient (Wildman–Crippen LogP) is 7.64. The summed E-state index contributed by atoms with van der Waals surface area (Å²) < 4.78 is 54.0. The smallest absolute Gasteiger partial charge is 0.337 e. The number of ether oxygens (including phenoxy) is 3. The lowest BCUT2D eigenvalue weighted by Crippen LogP contribution is -2.40. The first-order chi connectivity index (χ1) is 22.3. The van der Waals surface area contributed by atoms with E-state index in [9.17, 15) is 9.18 Å². The molecule has 0 N–H and O–H groups in total. The van der Waals surface area contributed by atoms with E-state index in [0.717, 1.165) is 54.8 Å². The zero-order valence-corrected chi connectivity index (χ0v) is 26.4. The monoisotopic (exact) mass is 649 g/mol. The van der Waals surface area contributed by atoms with E-state index in [0.29, 0.717) is 29.8 Å². The molecule has 8 nitrogen and oxygen atoms in total. The lowest BCUT2D eigenvalue weighted by molar-refractivity contribution is -0.0592. The fraction of sp³-hybridized carbons (Fsp3) is 0.371. The van der Waals surface area contributed by atoms with Crippen LogP contribution in [0.15, 0.2) is 59.0 Å². The molecule has 0 spiro atoms. The highest BCUT2D eigenvalue weighted by Gasteiger charge is 2.31. The van der Waals surface area contributed by atoms with E-state index in [1.54, 1.807) is 18.2 Å². The second kappa shape index (κ2) is 12.7. The number of hydrogen-bond acceptors (Lipinski definition) is 7. The van der Waals surface area contributed by atoms with Crippen molar-refractivity contribution in [3.05, 3.63) is 94.0 Å². The van der Waals surface area contributed by atoms with Crippen LogP contribution in [0, 0.1) is 11.6 Å². The van der Waals surface area contributed by atoms with Gasteiger partial charge < -0.3 is 23.2 Å². The van der Waals surface area contributed by atoms with Crippen molar-refractivity contribution >= 4 is 39.6 Å². The second-order valence-corrected chi connectivity index (χ2v) is 12.5. The maximum absolute atomic E-state index is 15.2. The van der Waals surface area contributed by atoms with Crippen LogP contribution < -0.4 is 4.74 Å². The van der Waals surface area contributed by atoms with Crippen molar-refractivity contribution in [1.82, 2.24) is 14.5 Å². The van der Waals surface area contributed by atoms with Gasteiger partial charge in [-0.15, -0.1) is 0 Å². The van der Waals surface area contributed by atoms with Gasteiger partial charge in [0, 0.05) is 29.8 Å². The highest BCUT2D eigenvalue weighted by atomic mass is 35.5. The largest absolute Gasteiger partial charge is 0.485 e. The fourth-order valence-electron chi connectivity index (χ4n) is 6.67. The van der Waals surface area contributed by atoms with Crippen molar-refractivity contribution in [2.24, 2.45) is 0 Å².